The maximum Gasteiger partial charge on any atom is 0.521 e. The van der Waals surface area contributed by atoms with Crippen LogP contribution in [0, 0.1) is 5.41 Å². The highest BCUT2D eigenvalue weighted by Gasteiger charge is 2.35. The molecule has 0 spiro atoms. The first-order chi connectivity index (χ1) is 6.45. The molecule has 0 aliphatic heterocycles. The summed E-state index contributed by atoms with van der Waals surface area (Å²) in [6, 6.07) is 0. The van der Waals surface area contributed by atoms with Gasteiger partial charge in [-0.2, -0.15) is 9.28 Å². The molecule has 0 aromatic rings. The van der Waals surface area contributed by atoms with E-state index in [1.165, 1.54) is 7.05 Å². The van der Waals surface area contributed by atoms with Crippen molar-refractivity contribution in [3.05, 3.63) is 0 Å². The van der Waals surface area contributed by atoms with Gasteiger partial charge in [0.05, 0.1) is 13.6 Å². The molecule has 5 nitrogen and oxygen atoms in total. The van der Waals surface area contributed by atoms with E-state index in [1.807, 2.05) is 0 Å². The second kappa shape index (κ2) is 5.59. The van der Waals surface area contributed by atoms with E-state index in [9.17, 15) is 4.79 Å². The van der Waals surface area contributed by atoms with Gasteiger partial charge in [0.15, 0.2) is 0 Å². The Labute approximate surface area is 84.6 Å². The van der Waals surface area contributed by atoms with Gasteiger partial charge in [0.1, 0.15) is 0 Å². The number of nitrogens with one attached hydrogen (secondary N) is 1. The SMILES string of the molecule is CCCCCC[N+](C)(C(=N)N)C(=O)O. The first-order valence-corrected chi connectivity index (χ1v) is 4.88. The van der Waals surface area contributed by atoms with Crippen LogP contribution >= 0.6 is 0 Å². The third-order valence-corrected chi connectivity index (χ3v) is 2.41. The number of nitrogens with zero attached hydrogens (tertiary/aromatic N) is 1. The van der Waals surface area contributed by atoms with Crippen molar-refractivity contribution in [2.24, 2.45) is 5.73 Å². The summed E-state index contributed by atoms with van der Waals surface area (Å²) >= 11 is 0. The first kappa shape index (κ1) is 12.9. The molecule has 0 heterocycles. The van der Waals surface area contributed by atoms with Gasteiger partial charge in [0.2, 0.25) is 0 Å². The summed E-state index contributed by atoms with van der Waals surface area (Å²) in [5.74, 6) is -0.311. The van der Waals surface area contributed by atoms with E-state index in [1.54, 1.807) is 0 Å². The minimum Gasteiger partial charge on any atom is -0.435 e. The Morgan fingerprint density at radius 3 is 2.36 bits per heavy atom. The first-order valence-electron chi connectivity index (χ1n) is 4.88. The number of quaternary nitrogens is 1. The Bertz CT molecular complexity index is 202. The molecule has 0 aromatic carbocycles. The Kier molecular flexibility index (Phi) is 5.15. The zero-order chi connectivity index (χ0) is 11.2. The summed E-state index contributed by atoms with van der Waals surface area (Å²) < 4.78 is -0.496. The molecule has 4 N–H and O–H groups in total. The van der Waals surface area contributed by atoms with Crippen molar-refractivity contribution in [1.82, 2.24) is 0 Å². The van der Waals surface area contributed by atoms with Crippen LogP contribution in [0.4, 0.5) is 4.79 Å². The third kappa shape index (κ3) is 3.33. The fourth-order valence-corrected chi connectivity index (χ4v) is 1.17. The number of nitrogens with two attached hydrogens (primary N) is 1. The van der Waals surface area contributed by atoms with Gasteiger partial charge in [-0.3, -0.25) is 0 Å². The van der Waals surface area contributed by atoms with Gasteiger partial charge >= 0.3 is 12.1 Å². The number of amides is 1. The summed E-state index contributed by atoms with van der Waals surface area (Å²) in [7, 11) is 1.45. The van der Waals surface area contributed by atoms with Crippen molar-refractivity contribution in [2.45, 2.75) is 32.6 Å². The monoisotopic (exact) mass is 202 g/mol. The zero-order valence-electron chi connectivity index (χ0n) is 8.92. The molecule has 0 aromatic heterocycles. The Balaban J connectivity index is 4.12. The Morgan fingerprint density at radius 1 is 1.43 bits per heavy atom. The fraction of sp³-hybridized carbons (Fsp3) is 0.778. The van der Waals surface area contributed by atoms with Gasteiger partial charge in [-0.25, -0.2) is 5.41 Å². The highest BCUT2D eigenvalue weighted by Crippen LogP contribution is 2.08. The quantitative estimate of drug-likeness (QED) is 0.274. The van der Waals surface area contributed by atoms with Crippen molar-refractivity contribution >= 4 is 12.1 Å². The number of carboxylic acid groups (broad SMARTS) is 1. The van der Waals surface area contributed by atoms with Gasteiger partial charge in [0.25, 0.3) is 0 Å². The van der Waals surface area contributed by atoms with E-state index in [0.717, 1.165) is 25.7 Å². The number of hydrogen-bond acceptors (Lipinski definition) is 2. The molecule has 0 saturated heterocycles. The van der Waals surface area contributed by atoms with Crippen LogP contribution in [0.15, 0.2) is 0 Å². The average Bonchev–Trinajstić information content (AvgIpc) is 2.11. The van der Waals surface area contributed by atoms with Crippen molar-refractivity contribution in [3.8, 4) is 0 Å². The predicted molar refractivity (Wildman–Crippen MR) is 55.1 cm³/mol. The fourth-order valence-electron chi connectivity index (χ4n) is 1.17. The lowest BCUT2D eigenvalue weighted by molar-refractivity contribution is -0.746. The minimum absolute atomic E-state index is 0.311. The van der Waals surface area contributed by atoms with Crippen LogP contribution in [0.1, 0.15) is 32.6 Å². The molecule has 0 fully saturated rings. The average molecular weight is 202 g/mol. The number of rotatable bonds is 5. The summed E-state index contributed by atoms with van der Waals surface area (Å²) in [4.78, 5) is 10.9. The standard InChI is InChI=1S/C9H19N3O2/c1-3-4-5-6-7-12(2,8(10)11)9(13)14/h3-7H2,1-2H3,(H3-,10,11,13,14)/p+1. The van der Waals surface area contributed by atoms with E-state index < -0.39 is 10.6 Å². The lowest BCUT2D eigenvalue weighted by atomic mass is 10.2. The van der Waals surface area contributed by atoms with Crippen LogP contribution in [0.2, 0.25) is 0 Å². The molecule has 1 amide bonds. The summed E-state index contributed by atoms with van der Waals surface area (Å²) in [6.07, 6.45) is 2.92. The molecule has 1 atom stereocenters. The van der Waals surface area contributed by atoms with Crippen LogP contribution < -0.4 is 5.73 Å². The van der Waals surface area contributed by atoms with Gasteiger partial charge < -0.3 is 10.8 Å². The predicted octanol–water partition coefficient (Wildman–Crippen LogP) is 1.58. The maximum atomic E-state index is 10.9. The van der Waals surface area contributed by atoms with Crippen LogP contribution in [0.25, 0.3) is 0 Å². The molecule has 14 heavy (non-hydrogen) atoms. The normalized spacial score (nSPS) is 14.7. The second-order valence-electron chi connectivity index (χ2n) is 3.64. The number of carbonyl (C=O) groups is 1. The molecule has 5 heteroatoms. The van der Waals surface area contributed by atoms with Crippen molar-refractivity contribution < 1.29 is 14.4 Å². The highest BCUT2D eigenvalue weighted by molar-refractivity contribution is 5.78. The molecule has 1 unspecified atom stereocenters. The van der Waals surface area contributed by atoms with Gasteiger partial charge in [-0.1, -0.05) is 19.8 Å². The lowest BCUT2D eigenvalue weighted by Crippen LogP contribution is -2.56. The molecule has 0 aliphatic rings. The smallest absolute Gasteiger partial charge is 0.435 e. The summed E-state index contributed by atoms with van der Waals surface area (Å²) in [5, 5.41) is 16.1. The molecule has 0 bridgehead atoms. The molecular formula is C9H20N3O2+. The van der Waals surface area contributed by atoms with E-state index in [2.05, 4.69) is 6.92 Å². The van der Waals surface area contributed by atoms with Gasteiger partial charge in [-0.15, -0.1) is 0 Å². The molecule has 0 rings (SSSR count). The zero-order valence-corrected chi connectivity index (χ0v) is 8.92. The van der Waals surface area contributed by atoms with E-state index >= 15 is 0 Å². The molecule has 0 radical (unpaired) electrons. The van der Waals surface area contributed by atoms with Crippen molar-refractivity contribution in [1.29, 1.82) is 5.41 Å². The van der Waals surface area contributed by atoms with Crippen LogP contribution in [0.5, 0.6) is 0 Å². The van der Waals surface area contributed by atoms with Crippen molar-refractivity contribution in [2.75, 3.05) is 13.6 Å². The summed E-state index contributed by atoms with van der Waals surface area (Å²) in [5.41, 5.74) is 5.26. The number of guanidine groups is 1. The Hall–Kier alpha value is -1.10. The van der Waals surface area contributed by atoms with E-state index in [0.29, 0.717) is 6.54 Å². The van der Waals surface area contributed by atoms with Crippen LogP contribution in [-0.4, -0.2) is 35.2 Å². The van der Waals surface area contributed by atoms with Crippen molar-refractivity contribution in [3.63, 3.8) is 0 Å². The minimum atomic E-state index is -1.06. The van der Waals surface area contributed by atoms with E-state index in [4.69, 9.17) is 16.2 Å². The third-order valence-electron chi connectivity index (χ3n) is 2.41. The van der Waals surface area contributed by atoms with Crippen LogP contribution in [-0.2, 0) is 0 Å². The molecule has 0 aliphatic carbocycles. The maximum absolute atomic E-state index is 10.9. The number of unbranched alkanes of at least 4 members (excludes halogenated alkanes) is 3. The lowest BCUT2D eigenvalue weighted by Gasteiger charge is -2.24. The molecule has 82 valence electrons. The largest absolute Gasteiger partial charge is 0.521 e. The second-order valence-corrected chi connectivity index (χ2v) is 3.64. The van der Waals surface area contributed by atoms with Gasteiger partial charge in [0, 0.05) is 0 Å². The summed E-state index contributed by atoms with van der Waals surface area (Å²) in [6.45, 7) is 2.49. The van der Waals surface area contributed by atoms with E-state index in [-0.39, 0.29) is 5.96 Å². The molecular weight excluding hydrogens is 182 g/mol. The van der Waals surface area contributed by atoms with Crippen LogP contribution in [0.3, 0.4) is 0 Å². The Morgan fingerprint density at radius 2 is 2.00 bits per heavy atom. The molecule has 0 saturated carbocycles. The highest BCUT2D eigenvalue weighted by atomic mass is 16.4. The topological polar surface area (TPSA) is 87.2 Å². The van der Waals surface area contributed by atoms with Gasteiger partial charge in [-0.05, 0) is 12.8 Å². The number of hydrogen-bond donors (Lipinski definition) is 3.